The number of halogens is 1. The molecule has 39 heavy (non-hydrogen) atoms. The number of nitrogens with zero attached hydrogens (tertiary/aromatic N) is 2. The van der Waals surface area contributed by atoms with Crippen LogP contribution in [-0.2, 0) is 15.1 Å². The monoisotopic (exact) mass is 538 g/mol. The van der Waals surface area contributed by atoms with Gasteiger partial charge >= 0.3 is 0 Å². The van der Waals surface area contributed by atoms with E-state index >= 15 is 0 Å². The summed E-state index contributed by atoms with van der Waals surface area (Å²) in [6, 6.07) is 22.6. The second-order valence-electron chi connectivity index (χ2n) is 12.0. The first-order chi connectivity index (χ1) is 18.9. The lowest BCUT2D eigenvalue weighted by atomic mass is 9.47. The van der Waals surface area contributed by atoms with Gasteiger partial charge in [-0.2, -0.15) is 5.10 Å². The van der Waals surface area contributed by atoms with Gasteiger partial charge in [0.1, 0.15) is 11.3 Å². The summed E-state index contributed by atoms with van der Waals surface area (Å²) >= 11 is 6.62. The molecule has 3 aromatic carbocycles. The van der Waals surface area contributed by atoms with Crippen molar-refractivity contribution in [2.45, 2.75) is 44.6 Å². The van der Waals surface area contributed by atoms with Crippen LogP contribution in [0.4, 0.5) is 0 Å². The lowest BCUT2D eigenvalue weighted by molar-refractivity contribution is -0.136. The molecule has 1 saturated heterocycles. The summed E-state index contributed by atoms with van der Waals surface area (Å²) in [5.41, 5.74) is 4.69. The molecule has 1 spiro atoms. The van der Waals surface area contributed by atoms with Crippen LogP contribution in [0.15, 0.2) is 72.9 Å². The zero-order valence-electron chi connectivity index (χ0n) is 22.0. The number of rotatable bonds is 7. The van der Waals surface area contributed by atoms with E-state index in [-0.39, 0.29) is 11.7 Å². The number of fused-ring (bicyclic) bond motifs is 1. The molecule has 2 saturated carbocycles. The highest BCUT2D eigenvalue weighted by Crippen LogP contribution is 2.62. The minimum atomic E-state index is -0.495. The summed E-state index contributed by atoms with van der Waals surface area (Å²) < 4.78 is 7.75. The van der Waals surface area contributed by atoms with Crippen molar-refractivity contribution >= 4 is 34.1 Å². The quantitative estimate of drug-likeness (QED) is 0.235. The van der Waals surface area contributed by atoms with Crippen molar-refractivity contribution in [1.29, 1.82) is 0 Å². The number of hydrogen-bond donors (Lipinski definition) is 0. The van der Waals surface area contributed by atoms with Gasteiger partial charge < -0.3 is 4.74 Å². The molecule has 0 radical (unpaired) electrons. The molecule has 5 nitrogen and oxygen atoms in total. The first-order valence-corrected chi connectivity index (χ1v) is 14.2. The molecule has 4 aromatic rings. The number of ether oxygens (including phenoxy) is 1. The molecular weight excluding hydrogens is 508 g/mol. The van der Waals surface area contributed by atoms with Crippen LogP contribution in [0, 0.1) is 17.3 Å². The van der Waals surface area contributed by atoms with Crippen molar-refractivity contribution in [2.75, 3.05) is 13.2 Å². The highest BCUT2D eigenvalue weighted by Gasteiger charge is 2.54. The molecule has 0 unspecified atom stereocenters. The van der Waals surface area contributed by atoms with Crippen molar-refractivity contribution in [3.8, 4) is 11.1 Å². The van der Waals surface area contributed by atoms with E-state index in [1.54, 1.807) is 13.1 Å². The van der Waals surface area contributed by atoms with Gasteiger partial charge in [-0.15, -0.1) is 0 Å². The summed E-state index contributed by atoms with van der Waals surface area (Å²) in [5, 5.41) is 6.19. The zero-order chi connectivity index (χ0) is 26.8. The van der Waals surface area contributed by atoms with Gasteiger partial charge in [0.05, 0.1) is 29.9 Å². The maximum absolute atomic E-state index is 13.7. The van der Waals surface area contributed by atoms with Gasteiger partial charge in [-0.05, 0) is 72.8 Å². The number of carbonyl (C=O) groups excluding carboxylic acids is 2. The van der Waals surface area contributed by atoms with E-state index in [1.165, 1.54) is 5.56 Å². The second-order valence-corrected chi connectivity index (χ2v) is 12.4. The van der Waals surface area contributed by atoms with Crippen molar-refractivity contribution in [1.82, 2.24) is 9.78 Å². The molecule has 2 aliphatic carbocycles. The van der Waals surface area contributed by atoms with Gasteiger partial charge in [0.25, 0.3) is 0 Å². The maximum atomic E-state index is 13.7. The largest absolute Gasteiger partial charge is 0.375 e. The zero-order valence-corrected chi connectivity index (χ0v) is 22.8. The van der Waals surface area contributed by atoms with Gasteiger partial charge in [-0.3, -0.25) is 9.59 Å². The molecule has 0 amide bonds. The number of ketones is 2. The van der Waals surface area contributed by atoms with Crippen LogP contribution in [0.5, 0.6) is 0 Å². The Bertz CT molecular complexity index is 1570. The topological polar surface area (TPSA) is 61.2 Å². The third-order valence-corrected chi connectivity index (χ3v) is 9.78. The van der Waals surface area contributed by atoms with E-state index < -0.39 is 5.54 Å². The fourth-order valence-corrected chi connectivity index (χ4v) is 7.46. The second kappa shape index (κ2) is 9.14. The predicted octanol–water partition coefficient (Wildman–Crippen LogP) is 7.10. The van der Waals surface area contributed by atoms with E-state index in [0.717, 1.165) is 47.7 Å². The first-order valence-electron chi connectivity index (χ1n) is 13.8. The lowest BCUT2D eigenvalue weighted by Crippen LogP contribution is -2.53. The Morgan fingerprint density at radius 3 is 2.28 bits per heavy atom. The Morgan fingerprint density at radius 2 is 1.64 bits per heavy atom. The molecule has 1 aromatic heterocycles. The van der Waals surface area contributed by atoms with Crippen molar-refractivity contribution in [2.24, 2.45) is 17.3 Å². The number of Topliss-reactive ketones (excluding diaryl/α,β-unsaturated/α-hetero) is 2. The summed E-state index contributed by atoms with van der Waals surface area (Å²) in [5.74, 6) is 1.05. The SMILES string of the molecule is CC(=O)C1CC2(CC(CC(=O)c3ccc(Cl)c4cnn(C5(c6ccc(-c7ccccc7)cc6)COC5)c34)C2)C1. The fourth-order valence-electron chi connectivity index (χ4n) is 7.26. The third-order valence-electron chi connectivity index (χ3n) is 9.45. The molecule has 0 N–H and O–H groups in total. The van der Waals surface area contributed by atoms with E-state index in [4.69, 9.17) is 21.4 Å². The molecule has 7 rings (SSSR count). The van der Waals surface area contributed by atoms with Gasteiger partial charge in [0.2, 0.25) is 0 Å². The summed E-state index contributed by atoms with van der Waals surface area (Å²) in [6.07, 6.45) is 6.38. The van der Waals surface area contributed by atoms with E-state index in [0.29, 0.717) is 47.3 Å². The summed E-state index contributed by atoms with van der Waals surface area (Å²) in [6.45, 7) is 2.66. The van der Waals surface area contributed by atoms with Crippen LogP contribution in [0.25, 0.3) is 22.0 Å². The smallest absolute Gasteiger partial charge is 0.165 e. The predicted molar refractivity (Wildman–Crippen MR) is 152 cm³/mol. The average Bonchev–Trinajstić information content (AvgIpc) is 3.31. The molecule has 3 aliphatic rings. The van der Waals surface area contributed by atoms with E-state index in [1.807, 2.05) is 35.0 Å². The Balaban J connectivity index is 1.18. The molecule has 0 atom stereocenters. The highest BCUT2D eigenvalue weighted by molar-refractivity contribution is 6.36. The minimum absolute atomic E-state index is 0.135. The molecule has 198 valence electrons. The number of carbonyl (C=O) groups is 2. The summed E-state index contributed by atoms with van der Waals surface area (Å²) in [4.78, 5) is 25.4. The molecule has 2 heterocycles. The highest BCUT2D eigenvalue weighted by atomic mass is 35.5. The van der Waals surface area contributed by atoms with Crippen LogP contribution < -0.4 is 0 Å². The summed E-state index contributed by atoms with van der Waals surface area (Å²) in [7, 11) is 0. The molecule has 0 bridgehead atoms. The molecular formula is C33H31ClN2O3. The Morgan fingerprint density at radius 1 is 0.949 bits per heavy atom. The van der Waals surface area contributed by atoms with E-state index in [9.17, 15) is 9.59 Å². The number of aromatic nitrogens is 2. The first kappa shape index (κ1) is 24.7. The van der Waals surface area contributed by atoms with Crippen LogP contribution in [0.2, 0.25) is 5.02 Å². The normalized spacial score (nSPS) is 25.1. The van der Waals surface area contributed by atoms with Crippen LogP contribution in [-0.4, -0.2) is 34.6 Å². The Hall–Kier alpha value is -3.28. The number of hydrogen-bond acceptors (Lipinski definition) is 4. The van der Waals surface area contributed by atoms with Gasteiger partial charge in [0.15, 0.2) is 5.78 Å². The third kappa shape index (κ3) is 3.97. The Labute approximate surface area is 233 Å². The van der Waals surface area contributed by atoms with Crippen molar-refractivity contribution in [3.63, 3.8) is 0 Å². The van der Waals surface area contributed by atoms with Crippen molar-refractivity contribution in [3.05, 3.63) is 89.1 Å². The van der Waals surface area contributed by atoms with Gasteiger partial charge in [-0.25, -0.2) is 4.68 Å². The fraction of sp³-hybridized carbons (Fsp3) is 0.364. The average molecular weight is 539 g/mol. The van der Waals surface area contributed by atoms with E-state index in [2.05, 4.69) is 36.4 Å². The lowest BCUT2D eigenvalue weighted by Gasteiger charge is -2.57. The van der Waals surface area contributed by atoms with Crippen molar-refractivity contribution < 1.29 is 14.3 Å². The van der Waals surface area contributed by atoms with Gasteiger partial charge in [-0.1, -0.05) is 66.2 Å². The van der Waals surface area contributed by atoms with Gasteiger partial charge in [0, 0.05) is 23.3 Å². The molecule has 6 heteroatoms. The van der Waals surface area contributed by atoms with Crippen LogP contribution in [0.1, 0.15) is 54.9 Å². The standard InChI is InChI=1S/C33H31ClN2O3/c1-21(37)25-16-32(17-25)14-22(15-32)13-30(38)27-11-12-29(34)28-18-35-36(31(27)28)33(19-39-20-33)26-9-7-24(8-10-26)23-5-3-2-4-6-23/h2-12,18,22,25H,13-17,19-20H2,1H3. The molecule has 3 fully saturated rings. The van der Waals surface area contributed by atoms with Crippen LogP contribution >= 0.6 is 11.6 Å². The number of benzene rings is 3. The van der Waals surface area contributed by atoms with Crippen LogP contribution in [0.3, 0.4) is 0 Å². The Kier molecular flexibility index (Phi) is 5.80. The molecule has 1 aliphatic heterocycles. The minimum Gasteiger partial charge on any atom is -0.375 e. The maximum Gasteiger partial charge on any atom is 0.165 e.